The minimum absolute atomic E-state index is 0.582. The van der Waals surface area contributed by atoms with Gasteiger partial charge in [0.2, 0.25) is 0 Å². The van der Waals surface area contributed by atoms with Gasteiger partial charge in [-0.25, -0.2) is 4.98 Å². The van der Waals surface area contributed by atoms with Gasteiger partial charge >= 0.3 is 0 Å². The Labute approximate surface area is 90.3 Å². The van der Waals surface area contributed by atoms with Crippen LogP contribution in [0.4, 0.5) is 0 Å². The minimum Gasteiger partial charge on any atom is -0.326 e. The van der Waals surface area contributed by atoms with E-state index in [9.17, 15) is 0 Å². The number of nitrogens with zero attached hydrogens (tertiary/aromatic N) is 1. The van der Waals surface area contributed by atoms with Crippen LogP contribution >= 0.6 is 11.8 Å². The summed E-state index contributed by atoms with van der Waals surface area (Å²) in [6, 6.07) is 2.02. The molecule has 2 N–H and O–H groups in total. The van der Waals surface area contributed by atoms with Crippen molar-refractivity contribution >= 4 is 11.8 Å². The maximum Gasteiger partial charge on any atom is 0.101 e. The van der Waals surface area contributed by atoms with Gasteiger partial charge in [-0.2, -0.15) is 0 Å². The average molecular weight is 210 g/mol. The maximum atomic E-state index is 5.72. The Morgan fingerprint density at radius 3 is 2.86 bits per heavy atom. The van der Waals surface area contributed by atoms with Crippen LogP contribution in [0.5, 0.6) is 0 Å². The molecule has 0 saturated heterocycles. The van der Waals surface area contributed by atoms with E-state index < -0.39 is 0 Å². The maximum absolute atomic E-state index is 5.72. The Bertz CT molecular complexity index is 299. The highest BCUT2D eigenvalue weighted by Crippen LogP contribution is 2.27. The van der Waals surface area contributed by atoms with E-state index in [4.69, 9.17) is 5.73 Å². The highest BCUT2D eigenvalue weighted by molar-refractivity contribution is 7.99. The standard InChI is InChI=1S/C11H18N2S/c1-4-9(3)14-11-10(7-12)8(2)5-6-13-11/h5-6,9H,4,7,12H2,1-3H3. The highest BCUT2D eigenvalue weighted by Gasteiger charge is 2.09. The topological polar surface area (TPSA) is 38.9 Å². The van der Waals surface area contributed by atoms with Crippen LogP contribution in [0.2, 0.25) is 0 Å². The number of hydrogen-bond donors (Lipinski definition) is 1. The van der Waals surface area contributed by atoms with E-state index in [0.717, 1.165) is 11.4 Å². The van der Waals surface area contributed by atoms with Gasteiger partial charge in [-0.3, -0.25) is 0 Å². The Balaban J connectivity index is 2.90. The predicted molar refractivity (Wildman–Crippen MR) is 62.5 cm³/mol. The highest BCUT2D eigenvalue weighted by atomic mass is 32.2. The van der Waals surface area contributed by atoms with Crippen LogP contribution in [0.15, 0.2) is 17.3 Å². The summed E-state index contributed by atoms with van der Waals surface area (Å²) >= 11 is 1.82. The van der Waals surface area contributed by atoms with Crippen molar-refractivity contribution in [2.75, 3.05) is 0 Å². The molecule has 0 spiro atoms. The molecule has 78 valence electrons. The molecule has 0 aliphatic rings. The second kappa shape index (κ2) is 5.37. The number of nitrogens with two attached hydrogens (primary N) is 1. The number of rotatable bonds is 4. The van der Waals surface area contributed by atoms with Crippen LogP contribution in [0, 0.1) is 6.92 Å². The summed E-state index contributed by atoms with van der Waals surface area (Å²) in [4.78, 5) is 4.38. The number of hydrogen-bond acceptors (Lipinski definition) is 3. The molecule has 0 bridgehead atoms. The summed E-state index contributed by atoms with van der Waals surface area (Å²) in [7, 11) is 0. The minimum atomic E-state index is 0.582. The lowest BCUT2D eigenvalue weighted by Gasteiger charge is -2.12. The van der Waals surface area contributed by atoms with Crippen molar-refractivity contribution < 1.29 is 0 Å². The molecule has 0 aliphatic heterocycles. The fraction of sp³-hybridized carbons (Fsp3) is 0.545. The molecule has 0 amide bonds. The molecule has 14 heavy (non-hydrogen) atoms. The third-order valence-electron chi connectivity index (χ3n) is 2.34. The van der Waals surface area contributed by atoms with E-state index in [1.165, 1.54) is 11.1 Å². The molecular weight excluding hydrogens is 192 g/mol. The lowest BCUT2D eigenvalue weighted by molar-refractivity contribution is 0.887. The van der Waals surface area contributed by atoms with E-state index in [1.807, 2.05) is 24.0 Å². The quantitative estimate of drug-likeness (QED) is 0.777. The van der Waals surface area contributed by atoms with E-state index in [1.54, 1.807) is 0 Å². The second-order valence-electron chi connectivity index (χ2n) is 3.45. The third-order valence-corrected chi connectivity index (χ3v) is 3.65. The first-order valence-electron chi connectivity index (χ1n) is 5.00. The first-order valence-corrected chi connectivity index (χ1v) is 5.88. The van der Waals surface area contributed by atoms with E-state index in [2.05, 4.69) is 25.8 Å². The SMILES string of the molecule is CCC(C)Sc1nccc(C)c1CN. The Morgan fingerprint density at radius 2 is 2.29 bits per heavy atom. The van der Waals surface area contributed by atoms with Crippen molar-refractivity contribution in [2.45, 2.75) is 44.0 Å². The van der Waals surface area contributed by atoms with E-state index >= 15 is 0 Å². The predicted octanol–water partition coefficient (Wildman–Crippen LogP) is 2.74. The molecule has 1 rings (SSSR count). The van der Waals surface area contributed by atoms with Crippen LogP contribution in [-0.4, -0.2) is 10.2 Å². The zero-order chi connectivity index (χ0) is 10.6. The summed E-state index contributed by atoms with van der Waals surface area (Å²) in [6.07, 6.45) is 3.02. The molecule has 0 aromatic carbocycles. The molecule has 0 fully saturated rings. The smallest absolute Gasteiger partial charge is 0.101 e. The zero-order valence-electron chi connectivity index (χ0n) is 9.08. The van der Waals surface area contributed by atoms with Crippen molar-refractivity contribution in [1.82, 2.24) is 4.98 Å². The normalized spacial score (nSPS) is 12.9. The van der Waals surface area contributed by atoms with Gasteiger partial charge in [-0.15, -0.1) is 11.8 Å². The summed E-state index contributed by atoms with van der Waals surface area (Å²) in [6.45, 7) is 7.08. The van der Waals surface area contributed by atoms with Crippen molar-refractivity contribution in [2.24, 2.45) is 5.73 Å². The molecule has 0 radical (unpaired) electrons. The number of thioether (sulfide) groups is 1. The summed E-state index contributed by atoms with van der Waals surface area (Å²) in [5.74, 6) is 0. The van der Waals surface area contributed by atoms with Crippen LogP contribution in [0.1, 0.15) is 31.4 Å². The van der Waals surface area contributed by atoms with Gasteiger partial charge in [0.15, 0.2) is 0 Å². The van der Waals surface area contributed by atoms with Crippen molar-refractivity contribution in [3.8, 4) is 0 Å². The van der Waals surface area contributed by atoms with E-state index in [-0.39, 0.29) is 0 Å². The summed E-state index contributed by atoms with van der Waals surface area (Å²) < 4.78 is 0. The van der Waals surface area contributed by atoms with Gasteiger partial charge in [0, 0.05) is 23.6 Å². The lowest BCUT2D eigenvalue weighted by atomic mass is 10.2. The first kappa shape index (κ1) is 11.5. The molecular formula is C11H18N2S. The largest absolute Gasteiger partial charge is 0.326 e. The lowest BCUT2D eigenvalue weighted by Crippen LogP contribution is -2.04. The van der Waals surface area contributed by atoms with Gasteiger partial charge in [0.1, 0.15) is 5.03 Å². The third kappa shape index (κ3) is 2.72. The van der Waals surface area contributed by atoms with Crippen LogP contribution in [-0.2, 0) is 6.54 Å². The Morgan fingerprint density at radius 1 is 1.57 bits per heavy atom. The van der Waals surface area contributed by atoms with Crippen molar-refractivity contribution in [3.05, 3.63) is 23.4 Å². The molecule has 0 saturated carbocycles. The molecule has 1 unspecified atom stereocenters. The monoisotopic (exact) mass is 210 g/mol. The van der Waals surface area contributed by atoms with Gasteiger partial charge < -0.3 is 5.73 Å². The van der Waals surface area contributed by atoms with Gasteiger partial charge in [-0.05, 0) is 25.0 Å². The molecule has 1 heterocycles. The van der Waals surface area contributed by atoms with Crippen LogP contribution in [0.3, 0.4) is 0 Å². The second-order valence-corrected chi connectivity index (χ2v) is 4.88. The first-order chi connectivity index (χ1) is 6.69. The zero-order valence-corrected chi connectivity index (χ0v) is 9.90. The molecule has 2 nitrogen and oxygen atoms in total. The molecule has 0 aliphatic carbocycles. The fourth-order valence-corrected chi connectivity index (χ4v) is 2.24. The van der Waals surface area contributed by atoms with Gasteiger partial charge in [0.25, 0.3) is 0 Å². The number of aryl methyl sites for hydroxylation is 1. The van der Waals surface area contributed by atoms with E-state index in [0.29, 0.717) is 11.8 Å². The number of aromatic nitrogens is 1. The number of pyridine rings is 1. The van der Waals surface area contributed by atoms with Crippen molar-refractivity contribution in [3.63, 3.8) is 0 Å². The molecule has 1 atom stereocenters. The van der Waals surface area contributed by atoms with Gasteiger partial charge in [0.05, 0.1) is 0 Å². The fourth-order valence-electron chi connectivity index (χ4n) is 1.19. The average Bonchev–Trinajstić information content (AvgIpc) is 2.18. The molecule has 1 aromatic rings. The van der Waals surface area contributed by atoms with Crippen LogP contribution < -0.4 is 5.73 Å². The Hall–Kier alpha value is -0.540. The Kier molecular flexibility index (Phi) is 4.42. The van der Waals surface area contributed by atoms with Crippen molar-refractivity contribution in [1.29, 1.82) is 0 Å². The summed E-state index contributed by atoms with van der Waals surface area (Å²) in [5, 5.41) is 1.71. The summed E-state index contributed by atoms with van der Waals surface area (Å²) in [5.41, 5.74) is 8.15. The molecule has 3 heteroatoms. The molecule has 1 aromatic heterocycles. The van der Waals surface area contributed by atoms with Crippen LogP contribution in [0.25, 0.3) is 0 Å². The van der Waals surface area contributed by atoms with Gasteiger partial charge in [-0.1, -0.05) is 13.8 Å².